The van der Waals surface area contributed by atoms with E-state index in [4.69, 9.17) is 21.9 Å². The van der Waals surface area contributed by atoms with Crippen LogP contribution in [0.2, 0.25) is 0 Å². The molecule has 76 heavy (non-hydrogen) atoms. The quantitative estimate of drug-likeness (QED) is 0.0292. The molecule has 0 saturated heterocycles. The van der Waals surface area contributed by atoms with Crippen LogP contribution in [0.15, 0.2) is 176 Å². The summed E-state index contributed by atoms with van der Waals surface area (Å²) in [6.45, 7) is 0. The normalized spacial score (nSPS) is 14.0. The van der Waals surface area contributed by atoms with E-state index in [1.807, 2.05) is 127 Å². The minimum Gasteiger partial charge on any atom is -1.00 e. The van der Waals surface area contributed by atoms with E-state index in [0.717, 1.165) is 113 Å². The second kappa shape index (κ2) is 28.2. The van der Waals surface area contributed by atoms with E-state index in [9.17, 15) is 29.9 Å². The number of anilines is 2. The van der Waals surface area contributed by atoms with E-state index >= 15 is 0 Å². The zero-order chi connectivity index (χ0) is 51.4. The summed E-state index contributed by atoms with van der Waals surface area (Å²) in [5.41, 5.74) is 29.7. The monoisotopic (exact) mass is 1030 g/mol. The van der Waals surface area contributed by atoms with E-state index in [0.29, 0.717) is 22.5 Å². The summed E-state index contributed by atoms with van der Waals surface area (Å²) in [7, 11) is 0. The molecule has 12 rings (SSSR count). The smallest absolute Gasteiger partial charge is 1.00 e. The number of nitrogen functional groups attached to an aromatic ring is 2. The van der Waals surface area contributed by atoms with Gasteiger partial charge in [0.15, 0.2) is 11.6 Å². The van der Waals surface area contributed by atoms with Crippen molar-refractivity contribution in [3.8, 4) is 0 Å². The fourth-order valence-corrected chi connectivity index (χ4v) is 9.93. The standard InChI is InChI=1S/C15H11NO3.C15H15NO.C15H13NO.C15H14O.CH4.B.H3NO3.Na.H/c17-15-13-4-2-1-3-10(13)5-6-11-7-8-12(16(18)19)9-14(11)15;2*16-12-8-7-11-6-5-10-3-1-2-4-13(10)15(17)14(11)9-12;16-15-13-7-3-1-5-11(13)9-10-12-6-2-4-8-14(12)15;;;2-1-4-3;;/h1-4,7-9H,5-6H2;1-4,7-9,15,17H,5-6,16H2;1-4,7-9H,5-6,16H2;1-8,15-16H,9-10H2;1H4;;1-3H;;/q;;;;;;;+1;-1. The maximum absolute atomic E-state index is 12.5. The number of aryl methyl sites for hydroxylation is 8. The van der Waals surface area contributed by atoms with E-state index in [-0.39, 0.29) is 64.1 Å². The van der Waals surface area contributed by atoms with E-state index in [1.54, 1.807) is 18.2 Å². The van der Waals surface area contributed by atoms with Crippen molar-refractivity contribution in [2.24, 2.45) is 0 Å². The third-order valence-corrected chi connectivity index (χ3v) is 13.7. The molecule has 383 valence electrons. The molecule has 8 aromatic rings. The number of hydrogen-bond acceptors (Lipinski definition) is 12. The van der Waals surface area contributed by atoms with E-state index in [2.05, 4.69) is 23.2 Å². The van der Waals surface area contributed by atoms with Crippen LogP contribution >= 0.6 is 0 Å². The predicted molar refractivity (Wildman–Crippen MR) is 294 cm³/mol. The molecule has 1 unspecified atom stereocenters. The molecule has 0 spiro atoms. The predicted octanol–water partition coefficient (Wildman–Crippen LogP) is 7.58. The Bertz CT molecular complexity index is 3260. The first kappa shape index (κ1) is 59.8. The molecule has 3 radical (unpaired) electrons. The van der Waals surface area contributed by atoms with Crippen molar-refractivity contribution in [1.82, 2.24) is 5.64 Å². The second-order valence-electron chi connectivity index (χ2n) is 18.0. The summed E-state index contributed by atoms with van der Waals surface area (Å²) < 4.78 is 0. The van der Waals surface area contributed by atoms with Crippen LogP contribution in [0.25, 0.3) is 0 Å². The first-order chi connectivity index (χ1) is 35.4. The summed E-state index contributed by atoms with van der Waals surface area (Å²) >= 11 is 0. The van der Waals surface area contributed by atoms with Crippen LogP contribution in [0.1, 0.15) is 120 Å². The summed E-state index contributed by atoms with van der Waals surface area (Å²) in [5.74, 6) is -0.0211. The largest absolute Gasteiger partial charge is 1.00 e. The number of nitrogens with zero attached hydrogens (tertiary/aromatic N) is 1. The summed E-state index contributed by atoms with van der Waals surface area (Å²) in [5, 5.41) is 45.8. The topological polar surface area (TPSA) is 231 Å². The number of nitrogens with one attached hydrogen (secondary N) is 1. The molecule has 0 amide bonds. The number of nitro benzene ring substituents is 1. The molecule has 4 aliphatic rings. The van der Waals surface area contributed by atoms with Crippen molar-refractivity contribution in [2.75, 3.05) is 11.5 Å². The van der Waals surface area contributed by atoms with Crippen LogP contribution in [0, 0.1) is 10.1 Å². The van der Waals surface area contributed by atoms with Crippen LogP contribution in [0.5, 0.6) is 0 Å². The third-order valence-electron chi connectivity index (χ3n) is 13.7. The Morgan fingerprint density at radius 1 is 0.474 bits per heavy atom. The maximum atomic E-state index is 12.5. The first-order valence-electron chi connectivity index (χ1n) is 24.0. The average Bonchev–Trinajstić information content (AvgIpc) is 3.82. The van der Waals surface area contributed by atoms with Gasteiger partial charge in [-0.05, 0) is 148 Å². The zero-order valence-electron chi connectivity index (χ0n) is 42.6. The number of non-ortho nitro benzene ring substituents is 1. The van der Waals surface area contributed by atoms with Gasteiger partial charge in [-0.2, -0.15) is 0 Å². The van der Waals surface area contributed by atoms with Crippen LogP contribution < -0.4 is 46.7 Å². The van der Waals surface area contributed by atoms with Gasteiger partial charge in [0, 0.05) is 54.2 Å². The fourth-order valence-electron chi connectivity index (χ4n) is 9.93. The molecule has 0 aromatic heterocycles. The SMILES string of the molecule is C.Nc1ccc2c(c1)C(=O)c1ccccc1CC2.Nc1ccc2c(c1)C(O)c1ccccc1CC2.O=C1c2ccccc2CCc2ccc([N+](=O)[O-])cc21.OC1c2ccccc2CCc2ccccc21.ONOO.[B].[H-].[Na+]. The van der Waals surface area contributed by atoms with Gasteiger partial charge >= 0.3 is 29.6 Å². The van der Waals surface area contributed by atoms with Gasteiger partial charge in [0.05, 0.1) is 4.92 Å². The molecule has 0 aliphatic heterocycles. The number of ketones is 2. The van der Waals surface area contributed by atoms with Gasteiger partial charge in [-0.25, -0.2) is 5.26 Å². The Balaban J connectivity index is 0.000000213. The Morgan fingerprint density at radius 3 is 1.20 bits per heavy atom. The molecule has 0 fully saturated rings. The van der Waals surface area contributed by atoms with Crippen molar-refractivity contribution in [1.29, 1.82) is 0 Å². The number of carbonyl (C=O) groups is 2. The van der Waals surface area contributed by atoms with Crippen molar-refractivity contribution in [3.05, 3.63) is 275 Å². The number of carbonyl (C=O) groups excluding carboxylic acids is 2. The molecule has 1 atom stereocenters. The fraction of sp³-hybridized carbons (Fsp3) is 0.180. The molecular formula is C61H61BN4NaO9. The zero-order valence-corrected chi connectivity index (χ0v) is 43.6. The van der Waals surface area contributed by atoms with Crippen molar-refractivity contribution in [3.63, 3.8) is 0 Å². The van der Waals surface area contributed by atoms with E-state index in [1.165, 1.54) is 34.4 Å². The van der Waals surface area contributed by atoms with Crippen molar-refractivity contribution < 1.29 is 71.2 Å². The van der Waals surface area contributed by atoms with Crippen molar-refractivity contribution in [2.45, 2.75) is 71.0 Å². The van der Waals surface area contributed by atoms with Gasteiger partial charge in [-0.3, -0.25) is 24.9 Å². The summed E-state index contributed by atoms with van der Waals surface area (Å²) in [6, 6.07) is 55.7. The number of rotatable bonds is 2. The number of aliphatic hydroxyl groups excluding tert-OH is 2. The molecule has 0 saturated carbocycles. The maximum Gasteiger partial charge on any atom is 1.00 e. The second-order valence-corrected chi connectivity index (χ2v) is 18.0. The molecule has 4 aliphatic carbocycles. The van der Waals surface area contributed by atoms with Crippen LogP contribution in [-0.4, -0.2) is 45.6 Å². The molecule has 15 heteroatoms. The number of nitro groups is 1. The summed E-state index contributed by atoms with van der Waals surface area (Å²) in [6.07, 6.45) is 6.30. The Labute approximate surface area is 468 Å². The van der Waals surface area contributed by atoms with Gasteiger partial charge in [-0.15, -0.1) is 4.99 Å². The minimum atomic E-state index is -0.549. The number of hydrogen-bond donors (Lipinski definition) is 7. The van der Waals surface area contributed by atoms with Gasteiger partial charge in [0.1, 0.15) is 12.2 Å². The first-order valence-corrected chi connectivity index (χ1v) is 24.0. The Hall–Kier alpha value is -7.08. The van der Waals surface area contributed by atoms with Crippen LogP contribution in [0.4, 0.5) is 17.1 Å². The van der Waals surface area contributed by atoms with Gasteiger partial charge < -0.3 is 23.1 Å². The molecule has 13 nitrogen and oxygen atoms in total. The number of aliphatic hydroxyl groups is 2. The molecule has 0 bridgehead atoms. The molecule has 9 N–H and O–H groups in total. The van der Waals surface area contributed by atoms with Gasteiger partial charge in [0.2, 0.25) is 0 Å². The Morgan fingerprint density at radius 2 is 0.776 bits per heavy atom. The van der Waals surface area contributed by atoms with Gasteiger partial charge in [-0.1, -0.05) is 147 Å². The molecular weight excluding hydrogens is 966 g/mol. The third kappa shape index (κ3) is 14.0. The summed E-state index contributed by atoms with van der Waals surface area (Å²) in [4.78, 5) is 38.1. The van der Waals surface area contributed by atoms with Gasteiger partial charge in [0.25, 0.3) is 5.69 Å². The van der Waals surface area contributed by atoms with Crippen LogP contribution in [0.3, 0.4) is 0 Å². The molecule has 0 heterocycles. The van der Waals surface area contributed by atoms with Crippen molar-refractivity contribution >= 4 is 37.0 Å². The minimum absolute atomic E-state index is 0. The van der Waals surface area contributed by atoms with Crippen LogP contribution in [-0.2, 0) is 56.4 Å². The average molecular weight is 1030 g/mol. The van der Waals surface area contributed by atoms with E-state index < -0.39 is 17.1 Å². The number of nitrogens with two attached hydrogens (primary N) is 2. The molecule has 8 aromatic carbocycles. The number of fused-ring (bicyclic) bond motifs is 8. The Kier molecular flexibility index (Phi) is 22.2. The number of benzene rings is 8.